The van der Waals surface area contributed by atoms with E-state index in [2.05, 4.69) is 60.4 Å². The minimum atomic E-state index is 0.786. The molecule has 0 atom stereocenters. The first-order chi connectivity index (χ1) is 9.10. The van der Waals surface area contributed by atoms with E-state index >= 15 is 0 Å². The molecule has 19 heavy (non-hydrogen) atoms. The van der Waals surface area contributed by atoms with Gasteiger partial charge in [-0.15, -0.1) is 0 Å². The molecule has 0 radical (unpaired) electrons. The number of aryl methyl sites for hydroxylation is 2. The summed E-state index contributed by atoms with van der Waals surface area (Å²) in [5.74, 6) is 0. The van der Waals surface area contributed by atoms with Crippen LogP contribution in [0.1, 0.15) is 16.8 Å². The molecular weight excluding hydrogens is 234 g/mol. The molecule has 2 rings (SSSR count). The Morgan fingerprint density at radius 2 is 1.74 bits per heavy atom. The summed E-state index contributed by atoms with van der Waals surface area (Å²) in [5.41, 5.74) is 5.98. The van der Waals surface area contributed by atoms with Crippen LogP contribution in [0.15, 0.2) is 36.5 Å². The van der Waals surface area contributed by atoms with Crippen molar-refractivity contribution in [3.63, 3.8) is 0 Å². The average molecular weight is 255 g/mol. The maximum Gasteiger partial charge on any atom is 0.0562 e. The predicted molar refractivity (Wildman–Crippen MR) is 81.0 cm³/mol. The molecule has 3 nitrogen and oxygen atoms in total. The van der Waals surface area contributed by atoms with Gasteiger partial charge in [0.05, 0.1) is 5.69 Å². The topological polar surface area (TPSA) is 28.2 Å². The van der Waals surface area contributed by atoms with E-state index in [0.717, 1.165) is 17.9 Å². The van der Waals surface area contributed by atoms with E-state index in [4.69, 9.17) is 0 Å². The zero-order valence-electron chi connectivity index (χ0n) is 12.1. The van der Waals surface area contributed by atoms with Crippen LogP contribution in [0.5, 0.6) is 0 Å². The average Bonchev–Trinajstić information content (AvgIpc) is 2.37. The molecule has 0 saturated heterocycles. The SMILES string of the molecule is CNCc1cc(N(C)c2cc(C)cc(C)c2)ccn1. The van der Waals surface area contributed by atoms with Crippen LogP contribution in [0, 0.1) is 13.8 Å². The van der Waals surface area contributed by atoms with Crippen molar-refractivity contribution < 1.29 is 0 Å². The molecule has 0 aliphatic heterocycles. The van der Waals surface area contributed by atoms with Crippen LogP contribution in [0.2, 0.25) is 0 Å². The van der Waals surface area contributed by atoms with Gasteiger partial charge in [-0.05, 0) is 56.3 Å². The van der Waals surface area contributed by atoms with E-state index in [-0.39, 0.29) is 0 Å². The molecular formula is C16H21N3. The van der Waals surface area contributed by atoms with Crippen molar-refractivity contribution in [2.75, 3.05) is 19.0 Å². The third kappa shape index (κ3) is 3.32. The lowest BCUT2D eigenvalue weighted by molar-refractivity contribution is 0.791. The second-order valence-electron chi connectivity index (χ2n) is 4.94. The van der Waals surface area contributed by atoms with Crippen molar-refractivity contribution in [2.45, 2.75) is 20.4 Å². The highest BCUT2D eigenvalue weighted by molar-refractivity contribution is 5.63. The molecule has 3 heteroatoms. The van der Waals surface area contributed by atoms with Gasteiger partial charge in [0.2, 0.25) is 0 Å². The van der Waals surface area contributed by atoms with Gasteiger partial charge in [-0.3, -0.25) is 4.98 Å². The fourth-order valence-corrected chi connectivity index (χ4v) is 2.25. The van der Waals surface area contributed by atoms with Crippen LogP contribution in [0.25, 0.3) is 0 Å². The summed E-state index contributed by atoms with van der Waals surface area (Å²) in [6.07, 6.45) is 1.86. The van der Waals surface area contributed by atoms with Gasteiger partial charge >= 0.3 is 0 Å². The Hall–Kier alpha value is -1.87. The van der Waals surface area contributed by atoms with E-state index in [1.165, 1.54) is 16.8 Å². The Bertz CT molecular complexity index is 543. The molecule has 2 aromatic rings. The molecule has 0 amide bonds. The maximum atomic E-state index is 4.35. The van der Waals surface area contributed by atoms with Gasteiger partial charge in [0.1, 0.15) is 0 Å². The molecule has 0 fully saturated rings. The summed E-state index contributed by atoms with van der Waals surface area (Å²) in [6.45, 7) is 5.04. The van der Waals surface area contributed by atoms with E-state index < -0.39 is 0 Å². The van der Waals surface area contributed by atoms with Crippen molar-refractivity contribution in [2.24, 2.45) is 0 Å². The minimum Gasteiger partial charge on any atom is -0.345 e. The highest BCUT2D eigenvalue weighted by Crippen LogP contribution is 2.25. The van der Waals surface area contributed by atoms with Crippen molar-refractivity contribution in [3.05, 3.63) is 53.3 Å². The Morgan fingerprint density at radius 1 is 1.05 bits per heavy atom. The van der Waals surface area contributed by atoms with Gasteiger partial charge in [-0.2, -0.15) is 0 Å². The summed E-state index contributed by atoms with van der Waals surface area (Å²) in [6, 6.07) is 10.7. The van der Waals surface area contributed by atoms with Gasteiger partial charge in [-0.25, -0.2) is 0 Å². The number of nitrogens with one attached hydrogen (secondary N) is 1. The van der Waals surface area contributed by atoms with Gasteiger partial charge in [0.25, 0.3) is 0 Å². The van der Waals surface area contributed by atoms with E-state index in [0.29, 0.717) is 0 Å². The van der Waals surface area contributed by atoms with Crippen LogP contribution in [-0.4, -0.2) is 19.1 Å². The third-order valence-electron chi connectivity index (χ3n) is 3.14. The second kappa shape index (κ2) is 5.85. The predicted octanol–water partition coefficient (Wildman–Crippen LogP) is 3.19. The van der Waals surface area contributed by atoms with E-state index in [1.54, 1.807) is 0 Å². The van der Waals surface area contributed by atoms with Crippen LogP contribution in [0.4, 0.5) is 11.4 Å². The number of hydrogen-bond donors (Lipinski definition) is 1. The van der Waals surface area contributed by atoms with Crippen molar-refractivity contribution >= 4 is 11.4 Å². The third-order valence-corrected chi connectivity index (χ3v) is 3.14. The molecule has 1 aromatic heterocycles. The van der Waals surface area contributed by atoms with Crippen molar-refractivity contribution in [3.8, 4) is 0 Å². The maximum absolute atomic E-state index is 4.35. The van der Waals surface area contributed by atoms with Gasteiger partial charge in [-0.1, -0.05) is 6.07 Å². The number of pyridine rings is 1. The summed E-state index contributed by atoms with van der Waals surface area (Å²) in [4.78, 5) is 6.55. The van der Waals surface area contributed by atoms with Crippen LogP contribution in [0.3, 0.4) is 0 Å². The number of aromatic nitrogens is 1. The Morgan fingerprint density at radius 3 is 2.37 bits per heavy atom. The molecule has 100 valence electrons. The van der Waals surface area contributed by atoms with Crippen LogP contribution in [-0.2, 0) is 6.54 Å². The lowest BCUT2D eigenvalue weighted by Crippen LogP contribution is -2.12. The standard InChI is InChI=1S/C16H21N3/c1-12-7-13(2)9-16(8-12)19(4)15-5-6-18-14(10-15)11-17-3/h5-10,17H,11H2,1-4H3. The monoisotopic (exact) mass is 255 g/mol. The number of benzene rings is 1. The highest BCUT2D eigenvalue weighted by atomic mass is 15.1. The summed E-state index contributed by atoms with van der Waals surface area (Å²) in [5, 5.41) is 3.13. The molecule has 0 spiro atoms. The first-order valence-corrected chi connectivity index (χ1v) is 6.51. The Labute approximate surface area is 115 Å². The number of rotatable bonds is 4. The second-order valence-corrected chi connectivity index (χ2v) is 4.94. The number of nitrogens with zero attached hydrogens (tertiary/aromatic N) is 2. The van der Waals surface area contributed by atoms with Gasteiger partial charge in [0.15, 0.2) is 0 Å². The molecule has 1 aromatic carbocycles. The summed E-state index contributed by atoms with van der Waals surface area (Å²) < 4.78 is 0. The fourth-order valence-electron chi connectivity index (χ4n) is 2.25. The quantitative estimate of drug-likeness (QED) is 0.909. The van der Waals surface area contributed by atoms with Crippen LogP contribution < -0.4 is 10.2 Å². The van der Waals surface area contributed by atoms with Crippen LogP contribution >= 0.6 is 0 Å². The highest BCUT2D eigenvalue weighted by Gasteiger charge is 2.06. The summed E-state index contributed by atoms with van der Waals surface area (Å²) in [7, 11) is 4.02. The first kappa shape index (κ1) is 13.6. The molecule has 1 heterocycles. The zero-order valence-corrected chi connectivity index (χ0v) is 12.1. The number of anilines is 2. The van der Waals surface area contributed by atoms with Gasteiger partial charge in [0, 0.05) is 31.2 Å². The molecule has 0 aliphatic carbocycles. The lowest BCUT2D eigenvalue weighted by atomic mass is 10.1. The molecule has 0 aliphatic rings. The largest absolute Gasteiger partial charge is 0.345 e. The molecule has 0 saturated carbocycles. The molecule has 0 unspecified atom stereocenters. The summed E-state index contributed by atoms with van der Waals surface area (Å²) >= 11 is 0. The lowest BCUT2D eigenvalue weighted by Gasteiger charge is -2.21. The van der Waals surface area contributed by atoms with E-state index in [1.807, 2.05) is 19.3 Å². The van der Waals surface area contributed by atoms with E-state index in [9.17, 15) is 0 Å². The molecule has 1 N–H and O–H groups in total. The number of hydrogen-bond acceptors (Lipinski definition) is 3. The minimum absolute atomic E-state index is 0.786. The Kier molecular flexibility index (Phi) is 4.17. The normalized spacial score (nSPS) is 10.5. The van der Waals surface area contributed by atoms with Crippen molar-refractivity contribution in [1.82, 2.24) is 10.3 Å². The van der Waals surface area contributed by atoms with Gasteiger partial charge < -0.3 is 10.2 Å². The van der Waals surface area contributed by atoms with Crippen molar-refractivity contribution in [1.29, 1.82) is 0 Å². The zero-order chi connectivity index (χ0) is 13.8. The molecule has 0 bridgehead atoms. The fraction of sp³-hybridized carbons (Fsp3) is 0.312. The first-order valence-electron chi connectivity index (χ1n) is 6.51. The smallest absolute Gasteiger partial charge is 0.0562 e. The Balaban J connectivity index is 2.32.